The fourth-order valence-corrected chi connectivity index (χ4v) is 3.78. The number of esters is 1. The number of methoxy groups -OCH3 is 1. The molecule has 1 aromatic rings. The van der Waals surface area contributed by atoms with E-state index in [0.29, 0.717) is 30.7 Å². The second-order valence-electron chi connectivity index (χ2n) is 7.01. The van der Waals surface area contributed by atoms with Crippen molar-refractivity contribution in [2.75, 3.05) is 30.1 Å². The molecule has 0 bridgehead atoms. The molecule has 1 aliphatic carbocycles. The van der Waals surface area contributed by atoms with Gasteiger partial charge in [-0.2, -0.15) is 0 Å². The number of imide groups is 1. The molecule has 9 heteroatoms. The molecule has 1 aliphatic heterocycles. The van der Waals surface area contributed by atoms with Crippen molar-refractivity contribution in [3.05, 3.63) is 29.1 Å². The van der Waals surface area contributed by atoms with Gasteiger partial charge >= 0.3 is 5.97 Å². The summed E-state index contributed by atoms with van der Waals surface area (Å²) in [5, 5.41) is 0. The third-order valence-electron chi connectivity index (χ3n) is 5.20. The first-order chi connectivity index (χ1) is 14.3. The van der Waals surface area contributed by atoms with Gasteiger partial charge in [0.2, 0.25) is 5.91 Å². The summed E-state index contributed by atoms with van der Waals surface area (Å²) in [5.74, 6) is -3.13. The smallest absolute Gasteiger partial charge is 0.334 e. The van der Waals surface area contributed by atoms with Crippen molar-refractivity contribution in [1.82, 2.24) is 0 Å². The number of carbonyl (C=O) groups excluding carboxylic acids is 4. The van der Waals surface area contributed by atoms with Crippen LogP contribution in [-0.4, -0.2) is 44.0 Å². The van der Waals surface area contributed by atoms with E-state index in [1.165, 1.54) is 18.1 Å². The molecule has 8 nitrogen and oxygen atoms in total. The van der Waals surface area contributed by atoms with E-state index in [0.717, 1.165) is 13.0 Å². The summed E-state index contributed by atoms with van der Waals surface area (Å²) in [6, 6.07) is 2.31. The van der Waals surface area contributed by atoms with Crippen LogP contribution >= 0.6 is 0 Å². The van der Waals surface area contributed by atoms with Crippen LogP contribution < -0.4 is 14.5 Å². The third-order valence-corrected chi connectivity index (χ3v) is 5.20. The highest BCUT2D eigenvalue weighted by atomic mass is 19.1. The van der Waals surface area contributed by atoms with Crippen LogP contribution in [0, 0.1) is 5.82 Å². The van der Waals surface area contributed by atoms with Crippen molar-refractivity contribution in [3.8, 4) is 5.75 Å². The van der Waals surface area contributed by atoms with Crippen molar-refractivity contribution in [1.29, 1.82) is 0 Å². The van der Waals surface area contributed by atoms with Gasteiger partial charge in [0.25, 0.3) is 11.8 Å². The van der Waals surface area contributed by atoms with Crippen LogP contribution in [0.1, 0.15) is 39.5 Å². The highest BCUT2D eigenvalue weighted by Crippen LogP contribution is 2.39. The number of amides is 3. The topological polar surface area (TPSA) is 93.2 Å². The van der Waals surface area contributed by atoms with Crippen molar-refractivity contribution < 1.29 is 33.0 Å². The molecule has 0 fully saturated rings. The molecule has 0 unspecified atom stereocenters. The molecule has 2 aliphatic rings. The summed E-state index contributed by atoms with van der Waals surface area (Å²) in [6.07, 6.45) is 1.99. The van der Waals surface area contributed by atoms with Crippen LogP contribution in [0.15, 0.2) is 23.3 Å². The molecule has 3 amide bonds. The number of likely N-dealkylation sites (N-methyl/N-ethyl adjacent to an activating group) is 1. The Hall–Kier alpha value is -3.23. The lowest BCUT2D eigenvalue weighted by atomic mass is 9.90. The predicted molar refractivity (Wildman–Crippen MR) is 106 cm³/mol. The lowest BCUT2D eigenvalue weighted by Crippen LogP contribution is -2.40. The lowest BCUT2D eigenvalue weighted by Gasteiger charge is -2.31. The van der Waals surface area contributed by atoms with E-state index in [1.807, 2.05) is 0 Å². The summed E-state index contributed by atoms with van der Waals surface area (Å²) < 4.78 is 25.0. The summed E-state index contributed by atoms with van der Waals surface area (Å²) in [7, 11) is 1.22. The molecular formula is C21H23FN2O6. The van der Waals surface area contributed by atoms with Gasteiger partial charge in [0.15, 0.2) is 12.4 Å². The molecule has 0 radical (unpaired) electrons. The minimum absolute atomic E-state index is 0.139. The van der Waals surface area contributed by atoms with Gasteiger partial charge in [0.1, 0.15) is 5.75 Å². The second-order valence-corrected chi connectivity index (χ2v) is 7.01. The van der Waals surface area contributed by atoms with Crippen LogP contribution in [0.4, 0.5) is 15.8 Å². The molecule has 160 valence electrons. The fourth-order valence-electron chi connectivity index (χ4n) is 3.78. The Bertz CT molecular complexity index is 955. The Morgan fingerprint density at radius 2 is 1.87 bits per heavy atom. The molecule has 30 heavy (non-hydrogen) atoms. The van der Waals surface area contributed by atoms with Gasteiger partial charge in [-0.1, -0.05) is 0 Å². The quantitative estimate of drug-likeness (QED) is 0.698. The maximum Gasteiger partial charge on any atom is 0.334 e. The van der Waals surface area contributed by atoms with E-state index in [4.69, 9.17) is 9.47 Å². The highest BCUT2D eigenvalue weighted by molar-refractivity contribution is 6.22. The van der Waals surface area contributed by atoms with E-state index in [9.17, 15) is 23.6 Å². The molecule has 0 saturated heterocycles. The molecule has 3 rings (SSSR count). The molecule has 0 N–H and O–H groups in total. The number of ether oxygens (including phenoxy) is 2. The number of halogens is 1. The summed E-state index contributed by atoms with van der Waals surface area (Å²) in [6.45, 7) is 2.98. The maximum absolute atomic E-state index is 14.9. The number of fused-ring (bicyclic) bond motifs is 1. The summed E-state index contributed by atoms with van der Waals surface area (Å²) in [4.78, 5) is 52.0. The first-order valence-corrected chi connectivity index (χ1v) is 9.72. The van der Waals surface area contributed by atoms with Gasteiger partial charge in [-0.15, -0.1) is 0 Å². The zero-order chi connectivity index (χ0) is 22.0. The number of rotatable bonds is 4. The lowest BCUT2D eigenvalue weighted by molar-refractivity contribution is -0.137. The average Bonchev–Trinajstić information content (AvgIpc) is 2.73. The Labute approximate surface area is 173 Å². The van der Waals surface area contributed by atoms with Crippen molar-refractivity contribution in [2.45, 2.75) is 39.5 Å². The summed E-state index contributed by atoms with van der Waals surface area (Å²) >= 11 is 0. The van der Waals surface area contributed by atoms with Gasteiger partial charge < -0.3 is 14.4 Å². The van der Waals surface area contributed by atoms with Crippen molar-refractivity contribution >= 4 is 35.1 Å². The first-order valence-electron chi connectivity index (χ1n) is 9.72. The van der Waals surface area contributed by atoms with Crippen LogP contribution in [-0.2, 0) is 23.9 Å². The van der Waals surface area contributed by atoms with Gasteiger partial charge in [0.05, 0.1) is 18.5 Å². The molecule has 0 saturated carbocycles. The Kier molecular flexibility index (Phi) is 6.19. The van der Waals surface area contributed by atoms with Crippen LogP contribution in [0.5, 0.6) is 5.75 Å². The van der Waals surface area contributed by atoms with E-state index in [2.05, 4.69) is 0 Å². The predicted octanol–water partition coefficient (Wildman–Crippen LogP) is 2.49. The zero-order valence-electron chi connectivity index (χ0n) is 17.1. The van der Waals surface area contributed by atoms with E-state index in [1.54, 1.807) is 6.92 Å². The Morgan fingerprint density at radius 1 is 1.20 bits per heavy atom. The molecule has 0 aromatic heterocycles. The standard InChI is InChI=1S/C21H23FN2O6/c1-4-23-17-10-16(15(22)9-18(17)30-11-19(23)26)24(12(2)25)20(27)13-7-5-6-8-14(13)21(28)29-3/h9-10H,4-8,11H2,1-3H3. The number of carbonyl (C=O) groups is 4. The highest BCUT2D eigenvalue weighted by Gasteiger charge is 2.34. The van der Waals surface area contributed by atoms with Gasteiger partial charge in [-0.25, -0.2) is 14.1 Å². The molecular weight excluding hydrogens is 395 g/mol. The van der Waals surface area contributed by atoms with Crippen LogP contribution in [0.2, 0.25) is 0 Å². The van der Waals surface area contributed by atoms with Gasteiger partial charge in [-0.3, -0.25) is 14.4 Å². The Morgan fingerprint density at radius 3 is 2.47 bits per heavy atom. The molecule has 1 heterocycles. The number of hydrogen-bond donors (Lipinski definition) is 0. The first kappa shape index (κ1) is 21.5. The Balaban J connectivity index is 2.11. The molecule has 0 spiro atoms. The van der Waals surface area contributed by atoms with Gasteiger partial charge in [-0.05, 0) is 38.7 Å². The van der Waals surface area contributed by atoms with E-state index < -0.39 is 23.6 Å². The van der Waals surface area contributed by atoms with E-state index >= 15 is 0 Å². The van der Waals surface area contributed by atoms with Crippen molar-refractivity contribution in [2.24, 2.45) is 0 Å². The minimum atomic E-state index is -0.848. The van der Waals surface area contributed by atoms with Gasteiger partial charge in [0, 0.05) is 30.7 Å². The largest absolute Gasteiger partial charge is 0.481 e. The molecule has 1 aromatic carbocycles. The van der Waals surface area contributed by atoms with Crippen LogP contribution in [0.25, 0.3) is 0 Å². The fraction of sp³-hybridized carbons (Fsp3) is 0.429. The number of hydrogen-bond acceptors (Lipinski definition) is 6. The normalized spacial score (nSPS) is 16.0. The maximum atomic E-state index is 14.9. The summed E-state index contributed by atoms with van der Waals surface area (Å²) in [5.41, 5.74) is 0.312. The minimum Gasteiger partial charge on any atom is -0.481 e. The molecule has 0 atom stereocenters. The zero-order valence-corrected chi connectivity index (χ0v) is 17.1. The second kappa shape index (κ2) is 8.64. The van der Waals surface area contributed by atoms with Crippen molar-refractivity contribution in [3.63, 3.8) is 0 Å². The number of anilines is 2. The SMILES string of the molecule is CCN1C(=O)COc2cc(F)c(N(C(C)=O)C(=O)C3=C(C(=O)OC)CCCC3)cc21. The third kappa shape index (κ3) is 3.79. The van der Waals surface area contributed by atoms with E-state index in [-0.39, 0.29) is 47.2 Å². The number of nitrogens with zero attached hydrogens (tertiary/aromatic N) is 2. The van der Waals surface area contributed by atoms with Crippen LogP contribution in [0.3, 0.4) is 0 Å². The number of benzene rings is 1. The monoisotopic (exact) mass is 418 g/mol. The average molecular weight is 418 g/mol.